The maximum atomic E-state index is 11.6. The van der Waals surface area contributed by atoms with Crippen molar-refractivity contribution in [3.05, 3.63) is 53.3 Å². The summed E-state index contributed by atoms with van der Waals surface area (Å²) in [6.07, 6.45) is 1.37. The summed E-state index contributed by atoms with van der Waals surface area (Å²) in [5.41, 5.74) is 1.18. The van der Waals surface area contributed by atoms with E-state index in [1.165, 1.54) is 13.1 Å². The third kappa shape index (κ3) is 3.90. The number of ether oxygens (including phenoxy) is 1. The van der Waals surface area contributed by atoms with E-state index in [0.29, 0.717) is 23.7 Å². The highest BCUT2D eigenvalue weighted by molar-refractivity contribution is 6.01. The summed E-state index contributed by atoms with van der Waals surface area (Å²) in [5, 5.41) is 11.4. The molecule has 24 heavy (non-hydrogen) atoms. The van der Waals surface area contributed by atoms with Gasteiger partial charge in [-0.2, -0.15) is 5.26 Å². The molecule has 1 aromatic heterocycles. The third-order valence-electron chi connectivity index (χ3n) is 3.19. The number of nitriles is 1. The first-order valence-electron chi connectivity index (χ1n) is 7.30. The van der Waals surface area contributed by atoms with Gasteiger partial charge in [0, 0.05) is 18.7 Å². The maximum Gasteiger partial charge on any atom is 0.338 e. The van der Waals surface area contributed by atoms with Crippen molar-refractivity contribution in [1.82, 2.24) is 5.32 Å². The van der Waals surface area contributed by atoms with Crippen LogP contribution in [0.3, 0.4) is 0 Å². The van der Waals surface area contributed by atoms with E-state index in [1.807, 2.05) is 6.07 Å². The Morgan fingerprint density at radius 2 is 1.96 bits per heavy atom. The van der Waals surface area contributed by atoms with Gasteiger partial charge in [0.25, 0.3) is 5.91 Å². The van der Waals surface area contributed by atoms with Crippen LogP contribution in [0.2, 0.25) is 0 Å². The fourth-order valence-corrected chi connectivity index (χ4v) is 2.00. The van der Waals surface area contributed by atoms with Crippen LogP contribution >= 0.6 is 0 Å². The molecule has 1 aromatic carbocycles. The van der Waals surface area contributed by atoms with E-state index in [9.17, 15) is 9.59 Å². The summed E-state index contributed by atoms with van der Waals surface area (Å²) in [6.45, 7) is 2.07. The van der Waals surface area contributed by atoms with E-state index in [0.717, 1.165) is 5.56 Å². The molecule has 1 N–H and O–H groups in total. The smallest absolute Gasteiger partial charge is 0.338 e. The lowest BCUT2D eigenvalue weighted by Crippen LogP contribution is -2.18. The Kier molecular flexibility index (Phi) is 5.53. The van der Waals surface area contributed by atoms with E-state index < -0.39 is 5.91 Å². The number of likely N-dealkylation sites (N-methyl/N-ethyl adjacent to an activating group) is 1. The normalized spacial score (nSPS) is 10.8. The zero-order valence-electron chi connectivity index (χ0n) is 13.3. The van der Waals surface area contributed by atoms with Crippen LogP contribution in [0.15, 0.2) is 46.4 Å². The number of carbonyl (C=O) groups is 2. The number of carbonyl (C=O) groups excluding carboxylic acids is 2. The molecule has 0 aliphatic carbocycles. The minimum Gasteiger partial charge on any atom is -0.462 e. The number of rotatable bonds is 5. The van der Waals surface area contributed by atoms with Crippen LogP contribution in [-0.4, -0.2) is 25.5 Å². The molecule has 0 saturated carbocycles. The number of hydrogen-bond acceptors (Lipinski definition) is 5. The number of benzene rings is 1. The van der Waals surface area contributed by atoms with Crippen molar-refractivity contribution in [3.8, 4) is 17.4 Å². The fraction of sp³-hybridized carbons (Fsp3) is 0.167. The first kappa shape index (κ1) is 17.0. The molecule has 1 amide bonds. The second kappa shape index (κ2) is 7.79. The Hall–Kier alpha value is -3.33. The van der Waals surface area contributed by atoms with Gasteiger partial charge in [0.15, 0.2) is 0 Å². The highest BCUT2D eigenvalue weighted by Gasteiger charge is 2.10. The minimum atomic E-state index is -0.478. The lowest BCUT2D eigenvalue weighted by molar-refractivity contribution is -0.116. The van der Waals surface area contributed by atoms with Gasteiger partial charge in [0.2, 0.25) is 0 Å². The molecule has 1 heterocycles. The van der Waals surface area contributed by atoms with Crippen LogP contribution in [0.5, 0.6) is 0 Å². The molecule has 6 nitrogen and oxygen atoms in total. The van der Waals surface area contributed by atoms with Gasteiger partial charge < -0.3 is 14.5 Å². The Morgan fingerprint density at radius 3 is 2.54 bits per heavy atom. The van der Waals surface area contributed by atoms with Crippen molar-refractivity contribution in [2.75, 3.05) is 13.7 Å². The zero-order valence-corrected chi connectivity index (χ0v) is 13.3. The predicted octanol–water partition coefficient (Wildman–Crippen LogP) is 2.78. The number of esters is 1. The SMILES string of the molecule is CCOC(=O)c1ccc(-c2ccc(C=C(C#N)C(=O)NC)o2)cc1. The second-order valence-electron chi connectivity index (χ2n) is 4.75. The molecule has 0 atom stereocenters. The van der Waals surface area contributed by atoms with Crippen molar-refractivity contribution >= 4 is 18.0 Å². The average molecular weight is 324 g/mol. The largest absolute Gasteiger partial charge is 0.462 e. The van der Waals surface area contributed by atoms with Crippen LogP contribution in [-0.2, 0) is 9.53 Å². The standard InChI is InChI=1S/C18H16N2O4/c1-3-23-18(22)13-6-4-12(5-7-13)16-9-8-15(24-16)10-14(11-19)17(21)20-2/h4-10H,3H2,1-2H3,(H,20,21). The lowest BCUT2D eigenvalue weighted by Gasteiger charge is -2.02. The molecule has 0 bridgehead atoms. The highest BCUT2D eigenvalue weighted by atomic mass is 16.5. The Bertz CT molecular complexity index is 810. The molecule has 0 saturated heterocycles. The summed E-state index contributed by atoms with van der Waals surface area (Å²) in [5.74, 6) is 0.0936. The van der Waals surface area contributed by atoms with Crippen molar-refractivity contribution in [3.63, 3.8) is 0 Å². The molecular weight excluding hydrogens is 308 g/mol. The van der Waals surface area contributed by atoms with Gasteiger partial charge in [-0.05, 0) is 31.2 Å². The van der Waals surface area contributed by atoms with Gasteiger partial charge in [-0.1, -0.05) is 12.1 Å². The number of amides is 1. The molecule has 2 rings (SSSR count). The molecule has 0 aliphatic heterocycles. The van der Waals surface area contributed by atoms with Crippen molar-refractivity contribution < 1.29 is 18.7 Å². The van der Waals surface area contributed by atoms with E-state index in [1.54, 1.807) is 43.3 Å². The van der Waals surface area contributed by atoms with Gasteiger partial charge in [-0.15, -0.1) is 0 Å². The van der Waals surface area contributed by atoms with Gasteiger partial charge in [0.1, 0.15) is 23.2 Å². The summed E-state index contributed by atoms with van der Waals surface area (Å²) >= 11 is 0. The third-order valence-corrected chi connectivity index (χ3v) is 3.19. The quantitative estimate of drug-likeness (QED) is 0.518. The van der Waals surface area contributed by atoms with E-state index in [2.05, 4.69) is 5.32 Å². The number of nitrogens with one attached hydrogen (secondary N) is 1. The highest BCUT2D eigenvalue weighted by Crippen LogP contribution is 2.24. The molecule has 0 spiro atoms. The Labute approximate surface area is 139 Å². The molecule has 0 unspecified atom stereocenters. The Morgan fingerprint density at radius 1 is 1.25 bits per heavy atom. The second-order valence-corrected chi connectivity index (χ2v) is 4.75. The van der Waals surface area contributed by atoms with Crippen LogP contribution in [0, 0.1) is 11.3 Å². The molecule has 0 aliphatic rings. The summed E-state index contributed by atoms with van der Waals surface area (Å²) in [7, 11) is 1.45. The summed E-state index contributed by atoms with van der Waals surface area (Å²) < 4.78 is 10.5. The lowest BCUT2D eigenvalue weighted by atomic mass is 10.1. The number of nitrogens with zero attached hydrogens (tertiary/aromatic N) is 1. The topological polar surface area (TPSA) is 92.3 Å². The Balaban J connectivity index is 2.22. The molecule has 122 valence electrons. The fourth-order valence-electron chi connectivity index (χ4n) is 2.00. The van der Waals surface area contributed by atoms with Gasteiger partial charge >= 0.3 is 5.97 Å². The molecule has 6 heteroatoms. The average Bonchev–Trinajstić information content (AvgIpc) is 3.08. The summed E-state index contributed by atoms with van der Waals surface area (Å²) in [6, 6.07) is 12.0. The first-order chi connectivity index (χ1) is 11.6. The van der Waals surface area contributed by atoms with Crippen LogP contribution < -0.4 is 5.32 Å². The van der Waals surface area contributed by atoms with Crippen LogP contribution in [0.4, 0.5) is 0 Å². The van der Waals surface area contributed by atoms with E-state index in [4.69, 9.17) is 14.4 Å². The van der Waals surface area contributed by atoms with Gasteiger partial charge in [0.05, 0.1) is 12.2 Å². The van der Waals surface area contributed by atoms with Gasteiger partial charge in [-0.3, -0.25) is 4.79 Å². The number of furan rings is 1. The van der Waals surface area contributed by atoms with Crippen molar-refractivity contribution in [2.24, 2.45) is 0 Å². The van der Waals surface area contributed by atoms with E-state index in [-0.39, 0.29) is 11.5 Å². The van der Waals surface area contributed by atoms with Crippen LogP contribution in [0.25, 0.3) is 17.4 Å². The number of hydrogen-bond donors (Lipinski definition) is 1. The van der Waals surface area contributed by atoms with Crippen molar-refractivity contribution in [2.45, 2.75) is 6.92 Å². The predicted molar refractivity (Wildman–Crippen MR) is 87.8 cm³/mol. The van der Waals surface area contributed by atoms with Crippen LogP contribution in [0.1, 0.15) is 23.0 Å². The molecular formula is C18H16N2O4. The maximum absolute atomic E-state index is 11.6. The first-order valence-corrected chi connectivity index (χ1v) is 7.30. The molecule has 0 radical (unpaired) electrons. The molecule has 0 fully saturated rings. The van der Waals surface area contributed by atoms with E-state index >= 15 is 0 Å². The monoisotopic (exact) mass is 324 g/mol. The zero-order chi connectivity index (χ0) is 17.5. The summed E-state index contributed by atoms with van der Waals surface area (Å²) in [4.78, 5) is 23.1. The van der Waals surface area contributed by atoms with Gasteiger partial charge in [-0.25, -0.2) is 4.79 Å². The van der Waals surface area contributed by atoms with Crippen molar-refractivity contribution in [1.29, 1.82) is 5.26 Å². The minimum absolute atomic E-state index is 0.0453. The molecule has 2 aromatic rings.